The zero-order valence-corrected chi connectivity index (χ0v) is 12.3. The molecule has 0 atom stereocenters. The van der Waals surface area contributed by atoms with E-state index in [9.17, 15) is 4.79 Å². The second-order valence-corrected chi connectivity index (χ2v) is 5.17. The molecule has 0 aliphatic rings. The molecular weight excluding hydrogens is 320 g/mol. The molecular formula is C15H11BrN2O2. The van der Waals surface area contributed by atoms with Gasteiger partial charge in [0.2, 0.25) is 0 Å². The van der Waals surface area contributed by atoms with E-state index in [-0.39, 0.29) is 0 Å². The van der Waals surface area contributed by atoms with Crippen LogP contribution < -0.4 is 0 Å². The summed E-state index contributed by atoms with van der Waals surface area (Å²) < 4.78 is 7.70. The molecule has 0 aliphatic heterocycles. The van der Waals surface area contributed by atoms with E-state index in [1.165, 1.54) is 7.11 Å². The highest BCUT2D eigenvalue weighted by Crippen LogP contribution is 2.24. The van der Waals surface area contributed by atoms with Crippen molar-refractivity contribution in [3.63, 3.8) is 0 Å². The molecule has 0 unspecified atom stereocenters. The van der Waals surface area contributed by atoms with E-state index in [1.54, 1.807) is 6.20 Å². The van der Waals surface area contributed by atoms with Gasteiger partial charge in [-0.1, -0.05) is 28.1 Å². The van der Waals surface area contributed by atoms with Crippen molar-refractivity contribution in [3.05, 3.63) is 59.0 Å². The molecule has 1 aromatic carbocycles. The monoisotopic (exact) mass is 330 g/mol. The number of ether oxygens (including phenoxy) is 1. The van der Waals surface area contributed by atoms with Gasteiger partial charge in [0.05, 0.1) is 24.5 Å². The third-order valence-electron chi connectivity index (χ3n) is 3.09. The number of halogens is 1. The summed E-state index contributed by atoms with van der Waals surface area (Å²) in [5.74, 6) is -0.434. The lowest BCUT2D eigenvalue weighted by Crippen LogP contribution is -2.07. The van der Waals surface area contributed by atoms with Crippen LogP contribution in [0.25, 0.3) is 16.8 Å². The van der Waals surface area contributed by atoms with Crippen LogP contribution in [0.15, 0.2) is 53.3 Å². The second kappa shape index (κ2) is 5.09. The molecule has 3 aromatic rings. The summed E-state index contributed by atoms with van der Waals surface area (Å²) in [4.78, 5) is 16.0. The Morgan fingerprint density at radius 1 is 1.25 bits per heavy atom. The van der Waals surface area contributed by atoms with E-state index < -0.39 is 5.97 Å². The smallest absolute Gasteiger partial charge is 0.358 e. The first kappa shape index (κ1) is 12.9. The quantitative estimate of drug-likeness (QED) is 0.675. The summed E-state index contributed by atoms with van der Waals surface area (Å²) in [6.45, 7) is 0. The van der Waals surface area contributed by atoms with Crippen molar-refractivity contribution >= 4 is 27.4 Å². The number of aromatic nitrogens is 2. The van der Waals surface area contributed by atoms with Crippen LogP contribution in [-0.4, -0.2) is 22.5 Å². The van der Waals surface area contributed by atoms with Crippen LogP contribution in [0.5, 0.6) is 0 Å². The summed E-state index contributed by atoms with van der Waals surface area (Å²) >= 11 is 3.42. The van der Waals surface area contributed by atoms with Crippen molar-refractivity contribution in [2.45, 2.75) is 0 Å². The molecule has 3 rings (SSSR count). The molecule has 0 aliphatic carbocycles. The topological polar surface area (TPSA) is 43.6 Å². The highest BCUT2D eigenvalue weighted by molar-refractivity contribution is 9.10. The number of methoxy groups -OCH3 is 1. The first-order chi connectivity index (χ1) is 9.70. The first-order valence-electron chi connectivity index (χ1n) is 6.01. The Kier molecular flexibility index (Phi) is 3.28. The van der Waals surface area contributed by atoms with Crippen LogP contribution in [0.3, 0.4) is 0 Å². The van der Waals surface area contributed by atoms with Gasteiger partial charge < -0.3 is 9.14 Å². The Labute approximate surface area is 124 Å². The van der Waals surface area contributed by atoms with Gasteiger partial charge in [-0.15, -0.1) is 0 Å². The maximum Gasteiger partial charge on any atom is 0.358 e. The Morgan fingerprint density at radius 2 is 2.00 bits per heavy atom. The molecule has 0 fully saturated rings. The molecule has 0 saturated carbocycles. The van der Waals surface area contributed by atoms with E-state index >= 15 is 0 Å². The Bertz CT molecular complexity index is 778. The minimum atomic E-state index is -0.434. The van der Waals surface area contributed by atoms with Crippen LogP contribution in [0.2, 0.25) is 0 Å². The SMILES string of the molecule is COC(=O)c1ncc(-c2ccc(Br)cc2)n2cccc12. The highest BCUT2D eigenvalue weighted by atomic mass is 79.9. The van der Waals surface area contributed by atoms with Crippen molar-refractivity contribution < 1.29 is 9.53 Å². The summed E-state index contributed by atoms with van der Waals surface area (Å²) in [5.41, 5.74) is 3.00. The number of nitrogens with zero attached hydrogens (tertiary/aromatic N) is 2. The number of rotatable bonds is 2. The lowest BCUT2D eigenvalue weighted by atomic mass is 10.1. The zero-order valence-electron chi connectivity index (χ0n) is 10.7. The van der Waals surface area contributed by atoms with E-state index in [1.807, 2.05) is 47.0 Å². The number of carbonyl (C=O) groups is 1. The molecule has 5 heteroatoms. The molecule has 2 heterocycles. The molecule has 20 heavy (non-hydrogen) atoms. The standard InChI is InChI=1S/C15H11BrN2O2/c1-20-15(19)14-12-3-2-8-18(12)13(9-17-14)10-4-6-11(16)7-5-10/h2-9H,1H3. The maximum absolute atomic E-state index is 11.7. The fraction of sp³-hybridized carbons (Fsp3) is 0.0667. The molecule has 0 bridgehead atoms. The van der Waals surface area contributed by atoms with Crippen LogP contribution >= 0.6 is 15.9 Å². The number of carbonyl (C=O) groups excluding carboxylic acids is 1. The van der Waals surface area contributed by atoms with Gasteiger partial charge in [-0.25, -0.2) is 9.78 Å². The van der Waals surface area contributed by atoms with Gasteiger partial charge in [0.15, 0.2) is 5.69 Å². The predicted molar refractivity (Wildman–Crippen MR) is 79.7 cm³/mol. The Hall–Kier alpha value is -2.14. The lowest BCUT2D eigenvalue weighted by Gasteiger charge is -2.09. The average molecular weight is 331 g/mol. The van der Waals surface area contributed by atoms with Gasteiger partial charge in [0, 0.05) is 16.2 Å². The van der Waals surface area contributed by atoms with E-state index in [2.05, 4.69) is 20.9 Å². The maximum atomic E-state index is 11.7. The van der Waals surface area contributed by atoms with Crippen LogP contribution in [0.1, 0.15) is 10.5 Å². The molecule has 2 aromatic heterocycles. The van der Waals surface area contributed by atoms with Crippen LogP contribution in [-0.2, 0) is 4.74 Å². The van der Waals surface area contributed by atoms with Crippen molar-refractivity contribution in [2.24, 2.45) is 0 Å². The molecule has 0 N–H and O–H groups in total. The highest BCUT2D eigenvalue weighted by Gasteiger charge is 2.15. The fourth-order valence-corrected chi connectivity index (χ4v) is 2.39. The van der Waals surface area contributed by atoms with Crippen LogP contribution in [0, 0.1) is 0 Å². The average Bonchev–Trinajstić information content (AvgIpc) is 2.96. The number of hydrogen-bond acceptors (Lipinski definition) is 3. The van der Waals surface area contributed by atoms with Gasteiger partial charge >= 0.3 is 5.97 Å². The second-order valence-electron chi connectivity index (χ2n) is 4.25. The summed E-state index contributed by atoms with van der Waals surface area (Å²) in [6, 6.07) is 11.7. The third kappa shape index (κ3) is 2.10. The normalized spacial score (nSPS) is 10.7. The number of benzene rings is 1. The molecule has 4 nitrogen and oxygen atoms in total. The van der Waals surface area contributed by atoms with Crippen molar-refractivity contribution in [3.8, 4) is 11.3 Å². The minimum absolute atomic E-state index is 0.318. The molecule has 0 radical (unpaired) electrons. The van der Waals surface area contributed by atoms with Gasteiger partial charge in [-0.05, 0) is 24.3 Å². The molecule has 100 valence electrons. The van der Waals surface area contributed by atoms with Crippen LogP contribution in [0.4, 0.5) is 0 Å². The number of fused-ring (bicyclic) bond motifs is 1. The molecule has 0 amide bonds. The van der Waals surface area contributed by atoms with Gasteiger partial charge in [0.25, 0.3) is 0 Å². The summed E-state index contributed by atoms with van der Waals surface area (Å²) in [6.07, 6.45) is 3.59. The Morgan fingerprint density at radius 3 is 2.70 bits per heavy atom. The van der Waals surface area contributed by atoms with Crippen molar-refractivity contribution in [1.82, 2.24) is 9.38 Å². The van der Waals surface area contributed by atoms with E-state index in [4.69, 9.17) is 4.74 Å². The Balaban J connectivity index is 2.21. The van der Waals surface area contributed by atoms with Crippen molar-refractivity contribution in [1.29, 1.82) is 0 Å². The molecule has 0 spiro atoms. The predicted octanol–water partition coefficient (Wildman–Crippen LogP) is 3.55. The van der Waals surface area contributed by atoms with Gasteiger partial charge in [-0.2, -0.15) is 0 Å². The molecule has 0 saturated heterocycles. The minimum Gasteiger partial charge on any atom is -0.464 e. The summed E-state index contributed by atoms with van der Waals surface area (Å²) in [5, 5.41) is 0. The summed E-state index contributed by atoms with van der Waals surface area (Å²) in [7, 11) is 1.35. The van der Waals surface area contributed by atoms with Gasteiger partial charge in [0.1, 0.15) is 0 Å². The first-order valence-corrected chi connectivity index (χ1v) is 6.80. The fourth-order valence-electron chi connectivity index (χ4n) is 2.13. The van der Waals surface area contributed by atoms with Gasteiger partial charge in [-0.3, -0.25) is 0 Å². The number of esters is 1. The van der Waals surface area contributed by atoms with E-state index in [0.29, 0.717) is 5.69 Å². The third-order valence-corrected chi connectivity index (χ3v) is 3.61. The number of hydrogen-bond donors (Lipinski definition) is 0. The lowest BCUT2D eigenvalue weighted by molar-refractivity contribution is 0.0596. The van der Waals surface area contributed by atoms with E-state index in [0.717, 1.165) is 21.2 Å². The largest absolute Gasteiger partial charge is 0.464 e. The van der Waals surface area contributed by atoms with Crippen molar-refractivity contribution in [2.75, 3.05) is 7.11 Å². The zero-order chi connectivity index (χ0) is 14.1.